The Morgan fingerprint density at radius 1 is 1.78 bits per heavy atom. The van der Waals surface area contributed by atoms with Crippen LogP contribution in [0.3, 0.4) is 0 Å². The monoisotopic (exact) mass is 129 g/mol. The fourth-order valence-electron chi connectivity index (χ4n) is 0.588. The van der Waals surface area contributed by atoms with Crippen molar-refractivity contribution in [3.05, 3.63) is 12.4 Å². The molecule has 0 aromatic carbocycles. The molecule has 2 N–H and O–H groups in total. The van der Waals surface area contributed by atoms with Crippen molar-refractivity contribution in [3.8, 4) is 0 Å². The summed E-state index contributed by atoms with van der Waals surface area (Å²) >= 11 is 0. The van der Waals surface area contributed by atoms with Crippen molar-refractivity contribution < 1.29 is 4.39 Å². The van der Waals surface area contributed by atoms with Gasteiger partial charge in [0.15, 0.2) is 0 Å². The molecule has 50 valence electrons. The molecule has 0 fully saturated rings. The Hall–Kier alpha value is -1.06. The summed E-state index contributed by atoms with van der Waals surface area (Å²) in [5.74, 6) is 0. The van der Waals surface area contributed by atoms with Gasteiger partial charge in [-0.2, -0.15) is 5.10 Å². The topological polar surface area (TPSA) is 43.8 Å². The molecule has 0 amide bonds. The van der Waals surface area contributed by atoms with E-state index in [2.05, 4.69) is 5.10 Å². The Kier molecular flexibility index (Phi) is 1.67. The van der Waals surface area contributed by atoms with Crippen LogP contribution in [0.15, 0.2) is 12.4 Å². The second kappa shape index (κ2) is 2.48. The molecule has 1 aromatic heterocycles. The van der Waals surface area contributed by atoms with E-state index in [0.29, 0.717) is 5.69 Å². The highest BCUT2D eigenvalue weighted by molar-refractivity contribution is 5.30. The molecule has 1 aromatic rings. The third kappa shape index (κ3) is 1.42. The Morgan fingerprint density at radius 2 is 2.56 bits per heavy atom. The summed E-state index contributed by atoms with van der Waals surface area (Å²) in [4.78, 5) is 0. The van der Waals surface area contributed by atoms with E-state index < -0.39 is 6.67 Å². The van der Waals surface area contributed by atoms with Gasteiger partial charge < -0.3 is 5.73 Å². The molecule has 9 heavy (non-hydrogen) atoms. The minimum absolute atomic E-state index is 0.289. The average Bonchev–Trinajstić information content (AvgIpc) is 2.17. The summed E-state index contributed by atoms with van der Waals surface area (Å²) in [6.45, 7) is -0.113. The van der Waals surface area contributed by atoms with Gasteiger partial charge in [0.05, 0.1) is 18.4 Å². The van der Waals surface area contributed by atoms with Crippen molar-refractivity contribution in [2.45, 2.75) is 6.54 Å². The Labute approximate surface area is 52.3 Å². The van der Waals surface area contributed by atoms with Gasteiger partial charge in [0, 0.05) is 6.20 Å². The van der Waals surface area contributed by atoms with Gasteiger partial charge in [-0.05, 0) is 0 Å². The lowest BCUT2D eigenvalue weighted by Crippen LogP contribution is -1.98. The zero-order valence-electron chi connectivity index (χ0n) is 4.92. The number of nitrogen functional groups attached to an aromatic ring is 1. The Bertz CT molecular complexity index is 184. The molecule has 0 spiro atoms. The summed E-state index contributed by atoms with van der Waals surface area (Å²) in [6, 6.07) is 0. The van der Waals surface area contributed by atoms with E-state index >= 15 is 0 Å². The molecule has 1 heterocycles. The number of halogens is 1. The van der Waals surface area contributed by atoms with Crippen LogP contribution < -0.4 is 5.73 Å². The number of nitrogens with two attached hydrogens (primary N) is 1. The third-order valence-corrected chi connectivity index (χ3v) is 0.967. The Balaban J connectivity index is 2.61. The van der Waals surface area contributed by atoms with E-state index in [-0.39, 0.29) is 6.54 Å². The lowest BCUT2D eigenvalue weighted by molar-refractivity contribution is 0.427. The normalized spacial score (nSPS) is 9.89. The smallest absolute Gasteiger partial charge is 0.109 e. The molecule has 0 aliphatic carbocycles. The van der Waals surface area contributed by atoms with E-state index in [0.717, 1.165) is 0 Å². The maximum Gasteiger partial charge on any atom is 0.109 e. The summed E-state index contributed by atoms with van der Waals surface area (Å²) in [6.07, 6.45) is 3.09. The van der Waals surface area contributed by atoms with Crippen LogP contribution in [0.1, 0.15) is 0 Å². The Morgan fingerprint density at radius 3 is 3.00 bits per heavy atom. The molecule has 0 saturated carbocycles. The van der Waals surface area contributed by atoms with Crippen molar-refractivity contribution in [2.24, 2.45) is 0 Å². The van der Waals surface area contributed by atoms with Gasteiger partial charge >= 0.3 is 0 Å². The third-order valence-electron chi connectivity index (χ3n) is 0.967. The van der Waals surface area contributed by atoms with E-state index in [1.807, 2.05) is 0 Å². The quantitative estimate of drug-likeness (QED) is 0.629. The molecule has 0 bridgehead atoms. The summed E-state index contributed by atoms with van der Waals surface area (Å²) in [7, 11) is 0. The zero-order chi connectivity index (χ0) is 6.69. The van der Waals surface area contributed by atoms with Crippen molar-refractivity contribution in [1.82, 2.24) is 9.78 Å². The van der Waals surface area contributed by atoms with E-state index in [9.17, 15) is 4.39 Å². The molecule has 1 rings (SSSR count). The minimum Gasteiger partial charge on any atom is -0.396 e. The van der Waals surface area contributed by atoms with Crippen molar-refractivity contribution in [3.63, 3.8) is 0 Å². The fraction of sp³-hybridized carbons (Fsp3) is 0.400. The van der Waals surface area contributed by atoms with E-state index in [1.165, 1.54) is 10.9 Å². The van der Waals surface area contributed by atoms with Crippen LogP contribution in [-0.2, 0) is 6.54 Å². The van der Waals surface area contributed by atoms with Crippen molar-refractivity contribution >= 4 is 5.69 Å². The number of hydrogen-bond acceptors (Lipinski definition) is 2. The molecule has 4 heteroatoms. The molecule has 0 aliphatic rings. The maximum atomic E-state index is 11.6. The predicted octanol–water partition coefficient (Wildman–Crippen LogP) is 0.435. The molecule has 0 atom stereocenters. The largest absolute Gasteiger partial charge is 0.396 e. The first kappa shape index (κ1) is 6.07. The molecular formula is C5H8FN3. The first-order valence-electron chi connectivity index (χ1n) is 2.67. The standard InChI is InChI=1S/C5H8FN3/c6-1-2-9-4-5(7)3-8-9/h3-4H,1-2,7H2. The number of aromatic nitrogens is 2. The van der Waals surface area contributed by atoms with E-state index in [1.54, 1.807) is 6.20 Å². The van der Waals surface area contributed by atoms with Gasteiger partial charge in [0.1, 0.15) is 6.67 Å². The van der Waals surface area contributed by atoms with Gasteiger partial charge in [0.25, 0.3) is 0 Å². The van der Waals surface area contributed by atoms with Gasteiger partial charge in [-0.25, -0.2) is 4.39 Å². The van der Waals surface area contributed by atoms with Gasteiger partial charge in [-0.15, -0.1) is 0 Å². The van der Waals surface area contributed by atoms with Crippen LogP contribution in [0.25, 0.3) is 0 Å². The lowest BCUT2D eigenvalue weighted by Gasteiger charge is -1.91. The number of nitrogens with zero attached hydrogens (tertiary/aromatic N) is 2. The number of hydrogen-bond donors (Lipinski definition) is 1. The minimum atomic E-state index is -0.402. The lowest BCUT2D eigenvalue weighted by atomic mass is 10.6. The number of aryl methyl sites for hydroxylation is 1. The summed E-state index contributed by atoms with van der Waals surface area (Å²) < 4.78 is 13.1. The average molecular weight is 129 g/mol. The highest BCUT2D eigenvalue weighted by atomic mass is 19.1. The highest BCUT2D eigenvalue weighted by Crippen LogP contribution is 1.96. The molecule has 0 radical (unpaired) electrons. The van der Waals surface area contributed by atoms with E-state index in [4.69, 9.17) is 5.73 Å². The number of rotatable bonds is 2. The highest BCUT2D eigenvalue weighted by Gasteiger charge is 1.90. The SMILES string of the molecule is Nc1cnn(CCF)c1. The zero-order valence-corrected chi connectivity index (χ0v) is 4.92. The van der Waals surface area contributed by atoms with Crippen LogP contribution >= 0.6 is 0 Å². The first-order chi connectivity index (χ1) is 4.33. The summed E-state index contributed by atoms with van der Waals surface area (Å²) in [5.41, 5.74) is 5.88. The first-order valence-corrected chi connectivity index (χ1v) is 2.67. The molecule has 0 unspecified atom stereocenters. The second-order valence-corrected chi connectivity index (χ2v) is 1.73. The number of alkyl halides is 1. The van der Waals surface area contributed by atoms with Crippen LogP contribution in [0.5, 0.6) is 0 Å². The molecule has 3 nitrogen and oxygen atoms in total. The van der Waals surface area contributed by atoms with Gasteiger partial charge in [0.2, 0.25) is 0 Å². The van der Waals surface area contributed by atoms with Gasteiger partial charge in [-0.1, -0.05) is 0 Å². The molecule has 0 aliphatic heterocycles. The molecule has 0 saturated heterocycles. The van der Waals surface area contributed by atoms with Crippen LogP contribution in [0, 0.1) is 0 Å². The second-order valence-electron chi connectivity index (χ2n) is 1.73. The fourth-order valence-corrected chi connectivity index (χ4v) is 0.588. The van der Waals surface area contributed by atoms with Crippen LogP contribution in [0.4, 0.5) is 10.1 Å². The molecular weight excluding hydrogens is 121 g/mol. The summed E-state index contributed by atoms with van der Waals surface area (Å²) in [5, 5.41) is 3.76. The van der Waals surface area contributed by atoms with Crippen molar-refractivity contribution in [1.29, 1.82) is 0 Å². The maximum absolute atomic E-state index is 11.6. The van der Waals surface area contributed by atoms with Gasteiger partial charge in [-0.3, -0.25) is 4.68 Å². The van der Waals surface area contributed by atoms with Crippen molar-refractivity contribution in [2.75, 3.05) is 12.4 Å². The predicted molar refractivity (Wildman–Crippen MR) is 32.6 cm³/mol. The number of anilines is 1. The van der Waals surface area contributed by atoms with Crippen LogP contribution in [0.2, 0.25) is 0 Å². The van der Waals surface area contributed by atoms with Crippen LogP contribution in [-0.4, -0.2) is 16.5 Å².